The molecule has 2 aromatic rings. The number of nitrogens with zero attached hydrogens (tertiary/aromatic N) is 2. The predicted octanol–water partition coefficient (Wildman–Crippen LogP) is 3.30. The third-order valence-corrected chi connectivity index (χ3v) is 5.89. The van der Waals surface area contributed by atoms with Gasteiger partial charge in [-0.3, -0.25) is 4.90 Å². The van der Waals surface area contributed by atoms with Crippen molar-refractivity contribution in [2.75, 3.05) is 31.5 Å². The molecule has 0 radical (unpaired) electrons. The van der Waals surface area contributed by atoms with E-state index in [4.69, 9.17) is 4.98 Å². The van der Waals surface area contributed by atoms with Crippen molar-refractivity contribution in [1.29, 1.82) is 0 Å². The lowest BCUT2D eigenvalue weighted by molar-refractivity contribution is -0.0713. The number of hydrogen-bond acceptors (Lipinski definition) is 4. The zero-order valence-corrected chi connectivity index (χ0v) is 16.6. The largest absolute Gasteiger partial charge is 0.376 e. The second kappa shape index (κ2) is 8.34. The Morgan fingerprint density at radius 2 is 1.96 bits per heavy atom. The van der Waals surface area contributed by atoms with Gasteiger partial charge in [0.2, 0.25) is 0 Å². The lowest BCUT2D eigenvalue weighted by atomic mass is 9.75. The third-order valence-electron chi connectivity index (χ3n) is 5.89. The molecule has 2 bridgehead atoms. The molecule has 2 N–H and O–H groups in total. The molecule has 1 aromatic heterocycles. The fraction of sp³-hybridized carbons (Fsp3) is 0.458. The quantitative estimate of drug-likeness (QED) is 0.788. The first kappa shape index (κ1) is 19.0. The van der Waals surface area contributed by atoms with E-state index >= 15 is 0 Å². The standard InChI is InChI=1S/C24H29N3O/c1-2-14-25-23-9-8-20(22(26-23)17-19-6-4-3-5-7-19)10-13-24(28)18-27-15-11-21(24)12-16-27/h3-9,21,28H,2,11-12,14-18H2,1H3,(H,25,26). The van der Waals surface area contributed by atoms with Crippen LogP contribution in [0.2, 0.25) is 0 Å². The van der Waals surface area contributed by atoms with Crippen LogP contribution in [0.15, 0.2) is 42.5 Å². The van der Waals surface area contributed by atoms with E-state index in [0.717, 1.165) is 62.4 Å². The van der Waals surface area contributed by atoms with Crippen LogP contribution in [0.5, 0.6) is 0 Å². The maximum Gasteiger partial charge on any atom is 0.141 e. The van der Waals surface area contributed by atoms with Crippen LogP contribution in [-0.2, 0) is 6.42 Å². The zero-order chi connectivity index (χ0) is 19.4. The topological polar surface area (TPSA) is 48.4 Å². The van der Waals surface area contributed by atoms with Crippen molar-refractivity contribution in [3.05, 3.63) is 59.3 Å². The van der Waals surface area contributed by atoms with E-state index in [2.05, 4.69) is 53.2 Å². The average molecular weight is 376 g/mol. The van der Waals surface area contributed by atoms with Crippen molar-refractivity contribution >= 4 is 5.82 Å². The summed E-state index contributed by atoms with van der Waals surface area (Å²) in [7, 11) is 0. The number of benzene rings is 1. The highest BCUT2D eigenvalue weighted by molar-refractivity contribution is 5.48. The summed E-state index contributed by atoms with van der Waals surface area (Å²) in [5, 5.41) is 14.5. The Bertz CT molecular complexity index is 862. The van der Waals surface area contributed by atoms with Crippen LogP contribution in [-0.4, -0.2) is 46.8 Å². The highest BCUT2D eigenvalue weighted by Crippen LogP contribution is 2.35. The highest BCUT2D eigenvalue weighted by atomic mass is 16.3. The van der Waals surface area contributed by atoms with Gasteiger partial charge in [0.15, 0.2) is 0 Å². The van der Waals surface area contributed by atoms with Gasteiger partial charge in [-0.05, 0) is 50.0 Å². The summed E-state index contributed by atoms with van der Waals surface area (Å²) in [5.41, 5.74) is 2.20. The van der Waals surface area contributed by atoms with Crippen LogP contribution >= 0.6 is 0 Å². The molecule has 0 aliphatic carbocycles. The number of anilines is 1. The average Bonchev–Trinajstić information content (AvgIpc) is 2.73. The molecule has 4 heterocycles. The first-order valence-electron chi connectivity index (χ1n) is 10.4. The maximum atomic E-state index is 11.1. The van der Waals surface area contributed by atoms with Crippen LogP contribution in [0.3, 0.4) is 0 Å². The Balaban J connectivity index is 1.62. The van der Waals surface area contributed by atoms with Crippen molar-refractivity contribution < 1.29 is 5.11 Å². The molecule has 4 nitrogen and oxygen atoms in total. The lowest BCUT2D eigenvalue weighted by Crippen LogP contribution is -2.58. The first-order valence-corrected chi connectivity index (χ1v) is 10.4. The molecule has 1 unspecified atom stereocenters. The van der Waals surface area contributed by atoms with E-state index in [0.29, 0.717) is 12.5 Å². The number of aliphatic hydroxyl groups is 1. The number of rotatable bonds is 5. The van der Waals surface area contributed by atoms with Crippen LogP contribution in [0.4, 0.5) is 5.82 Å². The van der Waals surface area contributed by atoms with Crippen molar-refractivity contribution in [3.63, 3.8) is 0 Å². The van der Waals surface area contributed by atoms with E-state index in [-0.39, 0.29) is 0 Å². The second-order valence-corrected chi connectivity index (χ2v) is 8.00. The fourth-order valence-corrected chi connectivity index (χ4v) is 4.25. The minimum atomic E-state index is -0.889. The number of hydrogen-bond donors (Lipinski definition) is 2. The summed E-state index contributed by atoms with van der Waals surface area (Å²) in [6.45, 7) is 5.90. The van der Waals surface area contributed by atoms with Gasteiger partial charge in [0.05, 0.1) is 5.69 Å². The van der Waals surface area contributed by atoms with Crippen molar-refractivity contribution in [3.8, 4) is 11.8 Å². The van der Waals surface area contributed by atoms with Gasteiger partial charge in [-0.15, -0.1) is 0 Å². The fourth-order valence-electron chi connectivity index (χ4n) is 4.25. The third kappa shape index (κ3) is 4.22. The van der Waals surface area contributed by atoms with Gasteiger partial charge in [-0.25, -0.2) is 4.98 Å². The van der Waals surface area contributed by atoms with Gasteiger partial charge in [0, 0.05) is 31.0 Å². The molecule has 3 saturated heterocycles. The van der Waals surface area contributed by atoms with E-state index < -0.39 is 5.60 Å². The number of aromatic nitrogens is 1. The summed E-state index contributed by atoms with van der Waals surface area (Å²) >= 11 is 0. The SMILES string of the molecule is CCCNc1ccc(C#CC2(O)CN3CCC2CC3)c(Cc2ccccc2)n1. The van der Waals surface area contributed by atoms with Crippen LogP contribution in [0.25, 0.3) is 0 Å². The predicted molar refractivity (Wildman–Crippen MR) is 113 cm³/mol. The van der Waals surface area contributed by atoms with E-state index in [1.807, 2.05) is 18.2 Å². The molecule has 1 atom stereocenters. The van der Waals surface area contributed by atoms with E-state index in [9.17, 15) is 5.11 Å². The van der Waals surface area contributed by atoms with Crippen LogP contribution < -0.4 is 5.32 Å². The molecular formula is C24H29N3O. The Labute approximate surface area is 168 Å². The molecule has 28 heavy (non-hydrogen) atoms. The molecule has 3 aliphatic heterocycles. The number of fused-ring (bicyclic) bond motifs is 3. The number of nitrogens with one attached hydrogen (secondary N) is 1. The summed E-state index contributed by atoms with van der Waals surface area (Å²) in [5.74, 6) is 7.71. The summed E-state index contributed by atoms with van der Waals surface area (Å²) < 4.78 is 0. The van der Waals surface area contributed by atoms with Crippen molar-refractivity contribution in [2.24, 2.45) is 5.92 Å². The Morgan fingerprint density at radius 3 is 2.64 bits per heavy atom. The molecular weight excluding hydrogens is 346 g/mol. The number of piperidine rings is 3. The van der Waals surface area contributed by atoms with Gasteiger partial charge < -0.3 is 10.4 Å². The molecule has 4 heteroatoms. The van der Waals surface area contributed by atoms with E-state index in [1.54, 1.807) is 0 Å². The number of pyridine rings is 1. The van der Waals surface area contributed by atoms with Crippen molar-refractivity contribution in [2.45, 2.75) is 38.2 Å². The Kier molecular flexibility index (Phi) is 5.66. The Morgan fingerprint density at radius 1 is 1.18 bits per heavy atom. The Hall–Kier alpha value is -2.35. The summed E-state index contributed by atoms with van der Waals surface area (Å²) in [4.78, 5) is 7.16. The first-order chi connectivity index (χ1) is 13.7. The maximum absolute atomic E-state index is 11.1. The smallest absolute Gasteiger partial charge is 0.141 e. The zero-order valence-electron chi connectivity index (χ0n) is 16.6. The molecule has 0 saturated carbocycles. The molecule has 3 fully saturated rings. The van der Waals surface area contributed by atoms with Gasteiger partial charge in [0.1, 0.15) is 11.4 Å². The molecule has 0 amide bonds. The molecule has 3 aliphatic rings. The minimum absolute atomic E-state index is 0.293. The van der Waals surface area contributed by atoms with Crippen molar-refractivity contribution in [1.82, 2.24) is 9.88 Å². The van der Waals surface area contributed by atoms with E-state index in [1.165, 1.54) is 5.56 Å². The molecule has 5 rings (SSSR count). The second-order valence-electron chi connectivity index (χ2n) is 8.00. The monoisotopic (exact) mass is 375 g/mol. The van der Waals surface area contributed by atoms with Gasteiger partial charge >= 0.3 is 0 Å². The normalized spacial score (nSPS) is 25.8. The van der Waals surface area contributed by atoms with Crippen LogP contribution in [0, 0.1) is 17.8 Å². The highest BCUT2D eigenvalue weighted by Gasteiger charge is 2.44. The lowest BCUT2D eigenvalue weighted by Gasteiger charge is -2.47. The minimum Gasteiger partial charge on any atom is -0.376 e. The van der Waals surface area contributed by atoms with Gasteiger partial charge in [0.25, 0.3) is 0 Å². The summed E-state index contributed by atoms with van der Waals surface area (Å²) in [6.07, 6.45) is 3.88. The molecule has 146 valence electrons. The molecule has 0 spiro atoms. The van der Waals surface area contributed by atoms with Gasteiger partial charge in [-0.2, -0.15) is 0 Å². The van der Waals surface area contributed by atoms with Crippen LogP contribution in [0.1, 0.15) is 43.0 Å². The summed E-state index contributed by atoms with van der Waals surface area (Å²) in [6, 6.07) is 14.4. The van der Waals surface area contributed by atoms with Gasteiger partial charge in [-0.1, -0.05) is 49.1 Å². The molecule has 1 aromatic carbocycles.